The molecule has 126 valence electrons. The third-order valence-electron chi connectivity index (χ3n) is 4.26. The lowest BCUT2D eigenvalue weighted by Gasteiger charge is -2.13. The molecule has 0 atom stereocenters. The number of rotatable bonds is 3. The topological polar surface area (TPSA) is 80.5 Å². The molecular formula is C20H14ClN5. The third-order valence-corrected chi connectivity index (χ3v) is 4.57. The molecule has 4 aromatic rings. The summed E-state index contributed by atoms with van der Waals surface area (Å²) < 4.78 is 2.06. The van der Waals surface area contributed by atoms with Crippen LogP contribution in [0.3, 0.4) is 0 Å². The van der Waals surface area contributed by atoms with E-state index in [0.29, 0.717) is 17.4 Å². The molecule has 0 aliphatic carbocycles. The highest BCUT2D eigenvalue weighted by Crippen LogP contribution is 2.33. The first-order valence-electron chi connectivity index (χ1n) is 7.99. The first-order chi connectivity index (χ1) is 12.7. The van der Waals surface area contributed by atoms with Crippen LogP contribution >= 0.6 is 11.6 Å². The van der Waals surface area contributed by atoms with Crippen molar-refractivity contribution >= 4 is 28.3 Å². The van der Waals surface area contributed by atoms with Gasteiger partial charge in [0.2, 0.25) is 0 Å². The van der Waals surface area contributed by atoms with Crippen molar-refractivity contribution in [2.45, 2.75) is 5.88 Å². The van der Waals surface area contributed by atoms with Gasteiger partial charge in [-0.2, -0.15) is 5.26 Å². The van der Waals surface area contributed by atoms with Crippen LogP contribution in [0.1, 0.15) is 11.3 Å². The lowest BCUT2D eigenvalue weighted by atomic mass is 10.1. The van der Waals surface area contributed by atoms with Gasteiger partial charge in [0.1, 0.15) is 17.6 Å². The number of benzene rings is 1. The van der Waals surface area contributed by atoms with E-state index >= 15 is 0 Å². The minimum atomic E-state index is 0.361. The van der Waals surface area contributed by atoms with Crippen molar-refractivity contribution in [3.05, 3.63) is 72.2 Å². The van der Waals surface area contributed by atoms with Crippen LogP contribution in [0.4, 0.5) is 5.82 Å². The van der Waals surface area contributed by atoms with Crippen molar-refractivity contribution < 1.29 is 0 Å². The second-order valence-electron chi connectivity index (χ2n) is 5.84. The highest BCUT2D eigenvalue weighted by atomic mass is 35.5. The summed E-state index contributed by atoms with van der Waals surface area (Å²) in [6.07, 6.45) is 3.37. The van der Waals surface area contributed by atoms with Crippen molar-refractivity contribution in [1.82, 2.24) is 14.5 Å². The Kier molecular flexibility index (Phi) is 4.04. The van der Waals surface area contributed by atoms with Gasteiger partial charge in [-0.1, -0.05) is 12.1 Å². The van der Waals surface area contributed by atoms with Gasteiger partial charge in [0, 0.05) is 34.9 Å². The Morgan fingerprint density at radius 3 is 2.62 bits per heavy atom. The zero-order chi connectivity index (χ0) is 18.1. The number of nitrogen functional groups attached to an aromatic ring is 1. The van der Waals surface area contributed by atoms with Crippen molar-refractivity contribution in [3.8, 4) is 23.0 Å². The van der Waals surface area contributed by atoms with Crippen molar-refractivity contribution in [2.75, 3.05) is 5.73 Å². The molecule has 6 heteroatoms. The molecule has 5 nitrogen and oxygen atoms in total. The Balaban J connectivity index is 2.05. The number of anilines is 1. The molecule has 2 N–H and O–H groups in total. The van der Waals surface area contributed by atoms with E-state index < -0.39 is 0 Å². The number of nitrogens with two attached hydrogens (primary N) is 1. The fourth-order valence-corrected chi connectivity index (χ4v) is 3.19. The SMILES string of the molecule is N#Cc1cc2c(cn1)cc(-c1cccnc1N)n2-c1ccc(CCl)cc1. The van der Waals surface area contributed by atoms with Gasteiger partial charge in [0.05, 0.1) is 11.2 Å². The Morgan fingerprint density at radius 1 is 1.12 bits per heavy atom. The van der Waals surface area contributed by atoms with Crippen LogP contribution in [-0.2, 0) is 5.88 Å². The summed E-state index contributed by atoms with van der Waals surface area (Å²) in [6.45, 7) is 0. The fourth-order valence-electron chi connectivity index (χ4n) is 3.01. The molecule has 0 spiro atoms. The van der Waals surface area contributed by atoms with Gasteiger partial charge >= 0.3 is 0 Å². The number of hydrogen-bond acceptors (Lipinski definition) is 4. The fraction of sp³-hybridized carbons (Fsp3) is 0.0500. The lowest BCUT2D eigenvalue weighted by Crippen LogP contribution is -2.00. The Bertz CT molecular complexity index is 1140. The smallest absolute Gasteiger partial charge is 0.142 e. The van der Waals surface area contributed by atoms with Crippen LogP contribution in [0.5, 0.6) is 0 Å². The normalized spacial score (nSPS) is 10.8. The summed E-state index contributed by atoms with van der Waals surface area (Å²) in [5, 5.41) is 10.1. The second kappa shape index (κ2) is 6.51. The van der Waals surface area contributed by atoms with Gasteiger partial charge in [0.15, 0.2) is 0 Å². The van der Waals surface area contributed by atoms with E-state index in [2.05, 4.69) is 20.6 Å². The monoisotopic (exact) mass is 359 g/mol. The van der Waals surface area contributed by atoms with Crippen LogP contribution < -0.4 is 5.73 Å². The molecule has 3 aromatic heterocycles. The third kappa shape index (κ3) is 2.67. The van der Waals surface area contributed by atoms with Crippen LogP contribution in [-0.4, -0.2) is 14.5 Å². The summed E-state index contributed by atoms with van der Waals surface area (Å²) >= 11 is 5.91. The van der Waals surface area contributed by atoms with Gasteiger partial charge in [-0.25, -0.2) is 9.97 Å². The Hall–Kier alpha value is -3.36. The Morgan fingerprint density at radius 2 is 1.92 bits per heavy atom. The molecule has 0 unspecified atom stereocenters. The predicted molar refractivity (Wildman–Crippen MR) is 103 cm³/mol. The van der Waals surface area contributed by atoms with E-state index in [-0.39, 0.29) is 0 Å². The van der Waals surface area contributed by atoms with Crippen LogP contribution in [0.15, 0.2) is 60.9 Å². The average molecular weight is 360 g/mol. The van der Waals surface area contributed by atoms with E-state index in [1.807, 2.05) is 42.5 Å². The number of fused-ring (bicyclic) bond motifs is 1. The number of aromatic nitrogens is 3. The summed E-state index contributed by atoms with van der Waals surface area (Å²) in [7, 11) is 0. The lowest BCUT2D eigenvalue weighted by molar-refractivity contribution is 1.12. The van der Waals surface area contributed by atoms with Crippen LogP contribution in [0.25, 0.3) is 27.8 Å². The van der Waals surface area contributed by atoms with Gasteiger partial charge in [-0.3, -0.25) is 0 Å². The molecule has 0 bridgehead atoms. The molecule has 0 saturated carbocycles. The van der Waals surface area contributed by atoms with E-state index in [0.717, 1.165) is 33.4 Å². The van der Waals surface area contributed by atoms with Gasteiger partial charge in [0.25, 0.3) is 0 Å². The van der Waals surface area contributed by atoms with E-state index in [9.17, 15) is 5.26 Å². The van der Waals surface area contributed by atoms with E-state index in [1.165, 1.54) is 0 Å². The van der Waals surface area contributed by atoms with Crippen molar-refractivity contribution in [1.29, 1.82) is 5.26 Å². The molecule has 1 aromatic carbocycles. The molecule has 0 saturated heterocycles. The number of nitriles is 1. The summed E-state index contributed by atoms with van der Waals surface area (Å²) in [5.74, 6) is 0.903. The molecule has 0 aliphatic rings. The zero-order valence-electron chi connectivity index (χ0n) is 13.7. The first-order valence-corrected chi connectivity index (χ1v) is 8.52. The summed E-state index contributed by atoms with van der Waals surface area (Å²) in [4.78, 5) is 8.38. The van der Waals surface area contributed by atoms with Crippen LogP contribution in [0.2, 0.25) is 0 Å². The number of alkyl halides is 1. The number of nitrogens with zero attached hydrogens (tertiary/aromatic N) is 4. The Labute approximate surface area is 155 Å². The first kappa shape index (κ1) is 16.1. The number of hydrogen-bond donors (Lipinski definition) is 1. The maximum absolute atomic E-state index is 9.23. The van der Waals surface area contributed by atoms with E-state index in [1.54, 1.807) is 18.5 Å². The zero-order valence-corrected chi connectivity index (χ0v) is 14.5. The van der Waals surface area contributed by atoms with Crippen molar-refractivity contribution in [2.24, 2.45) is 0 Å². The maximum atomic E-state index is 9.23. The summed E-state index contributed by atoms with van der Waals surface area (Å²) in [6, 6.07) is 17.6. The molecular weight excluding hydrogens is 346 g/mol. The predicted octanol–water partition coefficient (Wildman–Crippen LogP) is 4.28. The second-order valence-corrected chi connectivity index (χ2v) is 6.11. The summed E-state index contributed by atoms with van der Waals surface area (Å²) in [5.41, 5.74) is 11.1. The molecule has 26 heavy (non-hydrogen) atoms. The minimum absolute atomic E-state index is 0.361. The quantitative estimate of drug-likeness (QED) is 0.553. The molecule has 0 aliphatic heterocycles. The average Bonchev–Trinajstić information content (AvgIpc) is 3.06. The minimum Gasteiger partial charge on any atom is -0.383 e. The molecule has 0 amide bonds. The highest BCUT2D eigenvalue weighted by Gasteiger charge is 2.15. The molecule has 3 heterocycles. The molecule has 0 fully saturated rings. The van der Waals surface area contributed by atoms with Gasteiger partial charge < -0.3 is 10.3 Å². The standard InChI is InChI=1S/C20H14ClN5/c21-10-13-3-5-16(6-4-13)26-18-9-15(11-22)25-12-14(18)8-19(26)17-2-1-7-24-20(17)23/h1-9,12H,10H2,(H2,23,24). The highest BCUT2D eigenvalue weighted by molar-refractivity contribution is 6.17. The largest absolute Gasteiger partial charge is 0.383 e. The number of pyridine rings is 2. The molecule has 4 rings (SSSR count). The maximum Gasteiger partial charge on any atom is 0.142 e. The van der Waals surface area contributed by atoms with Gasteiger partial charge in [-0.05, 0) is 42.0 Å². The van der Waals surface area contributed by atoms with E-state index in [4.69, 9.17) is 17.3 Å². The molecule has 0 radical (unpaired) electrons. The van der Waals surface area contributed by atoms with Crippen LogP contribution in [0, 0.1) is 11.3 Å². The van der Waals surface area contributed by atoms with Gasteiger partial charge in [-0.15, -0.1) is 11.6 Å². The van der Waals surface area contributed by atoms with Crippen molar-refractivity contribution in [3.63, 3.8) is 0 Å². The number of halogens is 1.